The highest BCUT2D eigenvalue weighted by Crippen LogP contribution is 2.26. The number of hydrogen-bond donors (Lipinski definition) is 2. The van der Waals surface area contributed by atoms with E-state index in [1.165, 1.54) is 4.88 Å². The summed E-state index contributed by atoms with van der Waals surface area (Å²) in [5, 5.41) is 5.04. The van der Waals surface area contributed by atoms with Crippen molar-refractivity contribution in [2.24, 2.45) is 11.7 Å². The van der Waals surface area contributed by atoms with E-state index < -0.39 is 6.04 Å². The zero-order chi connectivity index (χ0) is 16.2. The Balaban J connectivity index is 1.83. The van der Waals surface area contributed by atoms with Crippen molar-refractivity contribution >= 4 is 23.7 Å². The third kappa shape index (κ3) is 4.08. The first-order valence-corrected chi connectivity index (χ1v) is 8.58. The maximum absolute atomic E-state index is 12.3. The van der Waals surface area contributed by atoms with Crippen LogP contribution < -0.4 is 11.1 Å². The Bertz CT molecular complexity index is 493. The standard InChI is InChI=1S/C16H25N3O2S/c1-16(2,13-4-3-9-22-13)10-18-15(21)14(17)12-5-7-19(11-20)8-6-12/h3-4,9,11-12,14H,5-8,10,17H2,1-2H3,(H,18,21). The Labute approximate surface area is 135 Å². The summed E-state index contributed by atoms with van der Waals surface area (Å²) in [6, 6.07) is 3.62. The lowest BCUT2D eigenvalue weighted by Crippen LogP contribution is -2.50. The molecule has 1 unspecified atom stereocenters. The molecule has 3 N–H and O–H groups in total. The number of carbonyl (C=O) groups is 2. The predicted molar refractivity (Wildman–Crippen MR) is 88.7 cm³/mol. The van der Waals surface area contributed by atoms with Crippen LogP contribution in [-0.2, 0) is 15.0 Å². The Morgan fingerprint density at radius 1 is 1.55 bits per heavy atom. The molecule has 5 nitrogen and oxygen atoms in total. The van der Waals surface area contributed by atoms with E-state index in [0.717, 1.165) is 19.3 Å². The van der Waals surface area contributed by atoms with Crippen molar-refractivity contribution < 1.29 is 9.59 Å². The molecule has 1 aromatic heterocycles. The van der Waals surface area contributed by atoms with Gasteiger partial charge in [0.2, 0.25) is 12.3 Å². The van der Waals surface area contributed by atoms with E-state index in [0.29, 0.717) is 19.6 Å². The number of piperidine rings is 1. The smallest absolute Gasteiger partial charge is 0.237 e. The highest BCUT2D eigenvalue weighted by molar-refractivity contribution is 7.10. The number of nitrogens with two attached hydrogens (primary N) is 1. The van der Waals surface area contributed by atoms with Crippen molar-refractivity contribution in [1.29, 1.82) is 0 Å². The second kappa shape index (κ2) is 7.24. The molecule has 122 valence electrons. The molecule has 0 bridgehead atoms. The van der Waals surface area contributed by atoms with Crippen molar-refractivity contribution in [3.8, 4) is 0 Å². The lowest BCUT2D eigenvalue weighted by atomic mass is 9.88. The summed E-state index contributed by atoms with van der Waals surface area (Å²) < 4.78 is 0. The zero-order valence-corrected chi connectivity index (χ0v) is 14.1. The third-order valence-corrected chi connectivity index (χ3v) is 5.66. The Hall–Kier alpha value is -1.40. The fraction of sp³-hybridized carbons (Fsp3) is 0.625. The summed E-state index contributed by atoms with van der Waals surface area (Å²) in [4.78, 5) is 26.0. The SMILES string of the molecule is CC(C)(CNC(=O)C(N)C1CCN(C=O)CC1)c1cccs1. The molecule has 2 rings (SSSR count). The molecule has 0 spiro atoms. The van der Waals surface area contributed by atoms with Crippen LogP contribution in [0.4, 0.5) is 0 Å². The van der Waals surface area contributed by atoms with Gasteiger partial charge in [0.15, 0.2) is 0 Å². The molecule has 0 aliphatic carbocycles. The number of amides is 2. The van der Waals surface area contributed by atoms with Gasteiger partial charge in [-0.15, -0.1) is 11.3 Å². The molecule has 2 amide bonds. The van der Waals surface area contributed by atoms with Gasteiger partial charge in [0.05, 0.1) is 6.04 Å². The summed E-state index contributed by atoms with van der Waals surface area (Å²) in [5.74, 6) is 0.0650. The summed E-state index contributed by atoms with van der Waals surface area (Å²) >= 11 is 1.70. The van der Waals surface area contributed by atoms with Gasteiger partial charge >= 0.3 is 0 Å². The molecule has 1 saturated heterocycles. The first-order chi connectivity index (χ1) is 10.4. The van der Waals surface area contributed by atoms with Crippen LogP contribution in [-0.4, -0.2) is 42.9 Å². The number of likely N-dealkylation sites (tertiary alicyclic amines) is 1. The average molecular weight is 323 g/mol. The van der Waals surface area contributed by atoms with Crippen LogP contribution in [0.25, 0.3) is 0 Å². The van der Waals surface area contributed by atoms with Crippen LogP contribution in [0.15, 0.2) is 17.5 Å². The monoisotopic (exact) mass is 323 g/mol. The first kappa shape index (κ1) is 17.0. The molecule has 1 fully saturated rings. The van der Waals surface area contributed by atoms with Crippen LogP contribution in [0.1, 0.15) is 31.6 Å². The van der Waals surface area contributed by atoms with Gasteiger partial charge in [-0.1, -0.05) is 19.9 Å². The van der Waals surface area contributed by atoms with E-state index >= 15 is 0 Å². The molecule has 2 heterocycles. The number of nitrogens with one attached hydrogen (secondary N) is 1. The number of nitrogens with zero attached hydrogens (tertiary/aromatic N) is 1. The number of hydrogen-bond acceptors (Lipinski definition) is 4. The van der Waals surface area contributed by atoms with Gasteiger partial charge in [-0.2, -0.15) is 0 Å². The molecular weight excluding hydrogens is 298 g/mol. The van der Waals surface area contributed by atoms with Gasteiger partial charge in [0.1, 0.15) is 0 Å². The maximum atomic E-state index is 12.3. The van der Waals surface area contributed by atoms with Crippen LogP contribution in [0.3, 0.4) is 0 Å². The Kier molecular flexibility index (Phi) is 5.58. The van der Waals surface area contributed by atoms with Gasteiger partial charge in [-0.05, 0) is 30.2 Å². The molecule has 22 heavy (non-hydrogen) atoms. The quantitative estimate of drug-likeness (QED) is 0.776. The number of carbonyl (C=O) groups excluding carboxylic acids is 2. The molecule has 1 aliphatic heterocycles. The van der Waals surface area contributed by atoms with Crippen molar-refractivity contribution in [3.63, 3.8) is 0 Å². The Morgan fingerprint density at radius 2 is 2.23 bits per heavy atom. The Morgan fingerprint density at radius 3 is 2.77 bits per heavy atom. The largest absolute Gasteiger partial charge is 0.354 e. The summed E-state index contributed by atoms with van der Waals surface area (Å²) in [7, 11) is 0. The van der Waals surface area contributed by atoms with E-state index in [1.807, 2.05) is 11.4 Å². The van der Waals surface area contributed by atoms with Gasteiger partial charge in [0, 0.05) is 29.9 Å². The van der Waals surface area contributed by atoms with Crippen molar-refractivity contribution in [3.05, 3.63) is 22.4 Å². The van der Waals surface area contributed by atoms with Crippen LogP contribution >= 0.6 is 11.3 Å². The molecule has 1 aliphatic rings. The van der Waals surface area contributed by atoms with Gasteiger partial charge in [-0.25, -0.2) is 0 Å². The first-order valence-electron chi connectivity index (χ1n) is 7.70. The average Bonchev–Trinajstić information content (AvgIpc) is 3.07. The van der Waals surface area contributed by atoms with Crippen LogP contribution in [0.5, 0.6) is 0 Å². The zero-order valence-electron chi connectivity index (χ0n) is 13.2. The van der Waals surface area contributed by atoms with Gasteiger partial charge in [0.25, 0.3) is 0 Å². The van der Waals surface area contributed by atoms with E-state index in [2.05, 4.69) is 25.2 Å². The number of thiophene rings is 1. The summed E-state index contributed by atoms with van der Waals surface area (Å²) in [6.45, 7) is 6.19. The lowest BCUT2D eigenvalue weighted by molar-refractivity contribution is -0.124. The molecule has 0 saturated carbocycles. The topological polar surface area (TPSA) is 75.4 Å². The van der Waals surface area contributed by atoms with Crippen molar-refractivity contribution in [1.82, 2.24) is 10.2 Å². The fourth-order valence-electron chi connectivity index (χ4n) is 2.77. The predicted octanol–water partition coefficient (Wildman–Crippen LogP) is 1.34. The second-order valence-corrected chi connectivity index (χ2v) is 7.53. The van der Waals surface area contributed by atoms with E-state index in [9.17, 15) is 9.59 Å². The summed E-state index contributed by atoms with van der Waals surface area (Å²) in [6.07, 6.45) is 2.45. The summed E-state index contributed by atoms with van der Waals surface area (Å²) in [5.41, 5.74) is 6.02. The van der Waals surface area contributed by atoms with Gasteiger partial charge < -0.3 is 16.0 Å². The maximum Gasteiger partial charge on any atom is 0.237 e. The lowest BCUT2D eigenvalue weighted by Gasteiger charge is -2.32. The van der Waals surface area contributed by atoms with Gasteiger partial charge in [-0.3, -0.25) is 9.59 Å². The van der Waals surface area contributed by atoms with Crippen LogP contribution in [0.2, 0.25) is 0 Å². The second-order valence-electron chi connectivity index (χ2n) is 6.58. The van der Waals surface area contributed by atoms with Crippen molar-refractivity contribution in [2.45, 2.75) is 38.1 Å². The van der Waals surface area contributed by atoms with E-state index in [4.69, 9.17) is 5.73 Å². The molecule has 1 aromatic rings. The number of rotatable bonds is 6. The minimum absolute atomic E-state index is 0.0887. The minimum Gasteiger partial charge on any atom is -0.354 e. The molecule has 1 atom stereocenters. The normalized spacial score (nSPS) is 18.0. The minimum atomic E-state index is -0.493. The molecule has 0 aromatic carbocycles. The highest BCUT2D eigenvalue weighted by Gasteiger charge is 2.30. The molecular formula is C16H25N3O2S. The third-order valence-electron chi connectivity index (χ3n) is 4.43. The van der Waals surface area contributed by atoms with E-state index in [1.54, 1.807) is 16.2 Å². The fourth-order valence-corrected chi connectivity index (χ4v) is 3.63. The molecule has 0 radical (unpaired) electrons. The molecule has 6 heteroatoms. The van der Waals surface area contributed by atoms with Crippen LogP contribution in [0, 0.1) is 5.92 Å². The van der Waals surface area contributed by atoms with Crippen molar-refractivity contribution in [2.75, 3.05) is 19.6 Å². The highest BCUT2D eigenvalue weighted by atomic mass is 32.1. The van der Waals surface area contributed by atoms with E-state index in [-0.39, 0.29) is 17.2 Å².